The topological polar surface area (TPSA) is 91.3 Å². The summed E-state index contributed by atoms with van der Waals surface area (Å²) >= 11 is 1.46. The van der Waals surface area contributed by atoms with Gasteiger partial charge in [-0.2, -0.15) is 0 Å². The summed E-state index contributed by atoms with van der Waals surface area (Å²) < 4.78 is 0. The molecule has 3 N–H and O–H groups in total. The fourth-order valence-corrected chi connectivity index (χ4v) is 2.95. The zero-order valence-electron chi connectivity index (χ0n) is 12.8. The molecule has 1 aromatic heterocycles. The van der Waals surface area contributed by atoms with E-state index in [1.54, 1.807) is 24.4 Å². The smallest absolute Gasteiger partial charge is 0.325 e. The Morgan fingerprint density at radius 3 is 2.83 bits per heavy atom. The van der Waals surface area contributed by atoms with Gasteiger partial charge in [0.1, 0.15) is 0 Å². The quantitative estimate of drug-likeness (QED) is 0.719. The molecule has 2 amide bonds. The summed E-state index contributed by atoms with van der Waals surface area (Å²) in [6, 6.07) is 6.79. The van der Waals surface area contributed by atoms with Gasteiger partial charge in [-0.3, -0.25) is 10.1 Å². The molecule has 0 aliphatic carbocycles. The van der Waals surface area contributed by atoms with Crippen molar-refractivity contribution < 1.29 is 14.7 Å². The summed E-state index contributed by atoms with van der Waals surface area (Å²) in [4.78, 5) is 27.9. The maximum atomic E-state index is 12.0. The highest BCUT2D eigenvalue weighted by Gasteiger charge is 2.07. The second-order valence-electron chi connectivity index (χ2n) is 5.05. The van der Waals surface area contributed by atoms with Gasteiger partial charge in [0, 0.05) is 23.2 Å². The normalized spacial score (nSPS) is 10.3. The maximum absolute atomic E-state index is 12.0. The minimum Gasteiger partial charge on any atom is -0.481 e. The number of carboxylic acid groups (broad SMARTS) is 1. The van der Waals surface area contributed by atoms with Gasteiger partial charge in [0.05, 0.1) is 0 Å². The molecule has 1 heterocycles. The first-order valence-corrected chi connectivity index (χ1v) is 8.22. The number of urea groups is 1. The first-order valence-electron chi connectivity index (χ1n) is 7.40. The van der Waals surface area contributed by atoms with Gasteiger partial charge in [-0.25, -0.2) is 9.78 Å². The Labute approximate surface area is 138 Å². The van der Waals surface area contributed by atoms with Gasteiger partial charge in [0.15, 0.2) is 5.13 Å². The predicted molar refractivity (Wildman–Crippen MR) is 91.1 cm³/mol. The van der Waals surface area contributed by atoms with Crippen LogP contribution >= 0.6 is 11.3 Å². The van der Waals surface area contributed by atoms with Crippen molar-refractivity contribution in [2.45, 2.75) is 32.6 Å². The van der Waals surface area contributed by atoms with Crippen LogP contribution in [0.3, 0.4) is 0 Å². The number of benzene rings is 1. The minimum absolute atomic E-state index is 0.0645. The summed E-state index contributed by atoms with van der Waals surface area (Å²) in [5.41, 5.74) is 1.49. The molecule has 23 heavy (non-hydrogen) atoms. The summed E-state index contributed by atoms with van der Waals surface area (Å²) in [5, 5.41) is 14.7. The van der Waals surface area contributed by atoms with E-state index in [1.807, 2.05) is 6.07 Å². The van der Waals surface area contributed by atoms with Crippen LogP contribution < -0.4 is 10.6 Å². The van der Waals surface area contributed by atoms with E-state index < -0.39 is 5.97 Å². The number of rotatable bonds is 7. The molecule has 0 aliphatic rings. The molecule has 0 spiro atoms. The summed E-state index contributed by atoms with van der Waals surface area (Å²) in [6.07, 6.45) is 4.26. The van der Waals surface area contributed by atoms with Gasteiger partial charge >= 0.3 is 12.0 Å². The molecule has 122 valence electrons. The maximum Gasteiger partial charge on any atom is 0.325 e. The van der Waals surface area contributed by atoms with Gasteiger partial charge in [-0.05, 0) is 30.5 Å². The lowest BCUT2D eigenvalue weighted by molar-refractivity contribution is -0.136. The number of carboxylic acids is 1. The fourth-order valence-electron chi connectivity index (χ4n) is 2.04. The zero-order chi connectivity index (χ0) is 16.7. The fraction of sp³-hybridized carbons (Fsp3) is 0.312. The third-order valence-electron chi connectivity index (χ3n) is 3.08. The highest BCUT2D eigenvalue weighted by Crippen LogP contribution is 2.20. The number of carbonyl (C=O) groups is 2. The Balaban J connectivity index is 1.91. The van der Waals surface area contributed by atoms with Crippen LogP contribution in [0.25, 0.3) is 0 Å². The lowest BCUT2D eigenvalue weighted by Crippen LogP contribution is -2.19. The number of thiazole rings is 1. The van der Waals surface area contributed by atoms with Crippen LogP contribution in [0.1, 0.15) is 30.2 Å². The SMILES string of the molecule is CCCc1cnc(NC(=O)Nc2cccc(CCC(=O)O)c2)s1. The molecule has 0 fully saturated rings. The van der Waals surface area contributed by atoms with Crippen molar-refractivity contribution in [1.29, 1.82) is 0 Å². The highest BCUT2D eigenvalue weighted by atomic mass is 32.1. The van der Waals surface area contributed by atoms with E-state index in [-0.39, 0.29) is 12.5 Å². The number of aliphatic carboxylic acids is 1. The number of nitrogens with zero attached hydrogens (tertiary/aromatic N) is 1. The molecule has 2 rings (SSSR count). The molecule has 0 saturated carbocycles. The number of hydrogen-bond acceptors (Lipinski definition) is 4. The number of carbonyl (C=O) groups excluding carboxylic acids is 1. The second kappa shape index (κ2) is 8.28. The van der Waals surface area contributed by atoms with Crippen molar-refractivity contribution in [1.82, 2.24) is 4.98 Å². The van der Waals surface area contributed by atoms with Crippen LogP contribution in [0, 0.1) is 0 Å². The standard InChI is InChI=1S/C16H19N3O3S/c1-2-4-13-10-17-16(23-13)19-15(22)18-12-6-3-5-11(9-12)7-8-14(20)21/h3,5-6,9-10H,2,4,7-8H2,1H3,(H,20,21)(H2,17,18,19,22). The Hall–Kier alpha value is -2.41. The van der Waals surface area contributed by atoms with Crippen LogP contribution in [-0.2, 0) is 17.6 Å². The van der Waals surface area contributed by atoms with Crippen LogP contribution in [0.15, 0.2) is 30.5 Å². The summed E-state index contributed by atoms with van der Waals surface area (Å²) in [7, 11) is 0. The summed E-state index contributed by atoms with van der Waals surface area (Å²) in [6.45, 7) is 2.09. The van der Waals surface area contributed by atoms with E-state index in [0.29, 0.717) is 17.2 Å². The number of aryl methyl sites for hydroxylation is 2. The van der Waals surface area contributed by atoms with E-state index in [9.17, 15) is 9.59 Å². The number of amides is 2. The van der Waals surface area contributed by atoms with E-state index in [2.05, 4.69) is 22.5 Å². The molecule has 0 bridgehead atoms. The Morgan fingerprint density at radius 1 is 1.26 bits per heavy atom. The van der Waals surface area contributed by atoms with Crippen molar-refractivity contribution in [3.63, 3.8) is 0 Å². The molecule has 0 radical (unpaired) electrons. The van der Waals surface area contributed by atoms with Crippen LogP contribution in [0.5, 0.6) is 0 Å². The van der Waals surface area contributed by atoms with E-state index in [4.69, 9.17) is 5.11 Å². The van der Waals surface area contributed by atoms with Crippen molar-refractivity contribution in [2.24, 2.45) is 0 Å². The van der Waals surface area contributed by atoms with Crippen LogP contribution in [0.2, 0.25) is 0 Å². The Kier molecular flexibility index (Phi) is 6.10. The number of nitrogens with one attached hydrogen (secondary N) is 2. The molecule has 6 nitrogen and oxygen atoms in total. The Bertz CT molecular complexity index is 685. The first kappa shape index (κ1) is 17.0. The molecule has 0 atom stereocenters. The van der Waals surface area contributed by atoms with Crippen molar-refractivity contribution in [3.8, 4) is 0 Å². The van der Waals surface area contributed by atoms with E-state index in [1.165, 1.54) is 11.3 Å². The molecule has 0 saturated heterocycles. The van der Waals surface area contributed by atoms with E-state index in [0.717, 1.165) is 23.3 Å². The average Bonchev–Trinajstić information content (AvgIpc) is 2.93. The van der Waals surface area contributed by atoms with Gasteiger partial charge in [0.25, 0.3) is 0 Å². The first-order chi connectivity index (χ1) is 11.1. The monoisotopic (exact) mass is 333 g/mol. The number of anilines is 2. The Morgan fingerprint density at radius 2 is 2.09 bits per heavy atom. The minimum atomic E-state index is -0.840. The second-order valence-corrected chi connectivity index (χ2v) is 6.17. The summed E-state index contributed by atoms with van der Waals surface area (Å²) in [5.74, 6) is -0.840. The number of aromatic nitrogens is 1. The van der Waals surface area contributed by atoms with Crippen molar-refractivity contribution in [2.75, 3.05) is 10.6 Å². The molecular formula is C16H19N3O3S. The third kappa shape index (κ3) is 5.71. The zero-order valence-corrected chi connectivity index (χ0v) is 13.7. The van der Waals surface area contributed by atoms with E-state index >= 15 is 0 Å². The molecule has 0 aliphatic heterocycles. The molecule has 2 aromatic rings. The van der Waals surface area contributed by atoms with Crippen molar-refractivity contribution >= 4 is 34.2 Å². The number of hydrogen-bond donors (Lipinski definition) is 3. The average molecular weight is 333 g/mol. The lowest BCUT2D eigenvalue weighted by Gasteiger charge is -2.07. The largest absolute Gasteiger partial charge is 0.481 e. The molecule has 0 unspecified atom stereocenters. The van der Waals surface area contributed by atoms with Gasteiger partial charge in [0.2, 0.25) is 0 Å². The molecule has 7 heteroatoms. The molecular weight excluding hydrogens is 314 g/mol. The molecule has 1 aromatic carbocycles. The van der Waals surface area contributed by atoms with Gasteiger partial charge < -0.3 is 10.4 Å². The van der Waals surface area contributed by atoms with Gasteiger partial charge in [-0.1, -0.05) is 25.5 Å². The third-order valence-corrected chi connectivity index (χ3v) is 4.06. The highest BCUT2D eigenvalue weighted by molar-refractivity contribution is 7.15. The lowest BCUT2D eigenvalue weighted by atomic mass is 10.1. The van der Waals surface area contributed by atoms with Gasteiger partial charge in [-0.15, -0.1) is 11.3 Å². The van der Waals surface area contributed by atoms with Crippen LogP contribution in [-0.4, -0.2) is 22.1 Å². The van der Waals surface area contributed by atoms with Crippen LogP contribution in [0.4, 0.5) is 15.6 Å². The van der Waals surface area contributed by atoms with Crippen molar-refractivity contribution in [3.05, 3.63) is 40.9 Å². The predicted octanol–water partition coefficient (Wildman–Crippen LogP) is 3.76.